The molecule has 1 saturated heterocycles. The Morgan fingerprint density at radius 2 is 2.47 bits per heavy atom. The average molecular weight is 252 g/mol. The van der Waals surface area contributed by atoms with Gasteiger partial charge in [-0.2, -0.15) is 16.7 Å². The fourth-order valence-electron chi connectivity index (χ4n) is 2.12. The van der Waals surface area contributed by atoms with E-state index in [1.54, 1.807) is 11.8 Å². The summed E-state index contributed by atoms with van der Waals surface area (Å²) in [7, 11) is 1.53. The maximum Gasteiger partial charge on any atom is 0.248 e. The third-order valence-electron chi connectivity index (χ3n) is 2.94. The summed E-state index contributed by atoms with van der Waals surface area (Å²) in [5.41, 5.74) is 0.586. The highest BCUT2D eigenvalue weighted by atomic mass is 32.2. The van der Waals surface area contributed by atoms with Crippen molar-refractivity contribution in [3.63, 3.8) is 0 Å². The van der Waals surface area contributed by atoms with Crippen LogP contribution in [-0.4, -0.2) is 47.1 Å². The highest BCUT2D eigenvalue weighted by Crippen LogP contribution is 2.37. The molecule has 7 heteroatoms. The Balaban J connectivity index is 2.08. The van der Waals surface area contributed by atoms with Crippen molar-refractivity contribution in [3.05, 3.63) is 6.33 Å². The van der Waals surface area contributed by atoms with Gasteiger partial charge >= 0.3 is 0 Å². The summed E-state index contributed by atoms with van der Waals surface area (Å²) >= 11 is 1.79. The summed E-state index contributed by atoms with van der Waals surface area (Å²) in [5, 5.41) is 2.83. The fourth-order valence-corrected chi connectivity index (χ4v) is 3.17. The molecule has 1 N–H and O–H groups in total. The summed E-state index contributed by atoms with van der Waals surface area (Å²) in [6, 6.07) is -0.124. The minimum absolute atomic E-state index is 0.00204. The molecule has 1 atom stereocenters. The maximum atomic E-state index is 12.0. The molecule has 1 aromatic heterocycles. The van der Waals surface area contributed by atoms with Crippen LogP contribution in [0.5, 0.6) is 5.88 Å². The van der Waals surface area contributed by atoms with E-state index in [1.165, 1.54) is 13.4 Å². The first-order chi connectivity index (χ1) is 8.31. The van der Waals surface area contributed by atoms with Crippen molar-refractivity contribution in [1.82, 2.24) is 9.97 Å². The fraction of sp³-hybridized carbons (Fsp3) is 0.500. The van der Waals surface area contributed by atoms with Crippen molar-refractivity contribution in [1.29, 1.82) is 0 Å². The topological polar surface area (TPSA) is 67.4 Å². The summed E-state index contributed by atoms with van der Waals surface area (Å²) in [6.45, 7) is 0.829. The Kier molecular flexibility index (Phi) is 2.54. The molecule has 0 spiro atoms. The predicted molar refractivity (Wildman–Crippen MR) is 65.7 cm³/mol. The zero-order valence-corrected chi connectivity index (χ0v) is 10.2. The molecule has 1 fully saturated rings. The number of methoxy groups -OCH3 is 1. The Morgan fingerprint density at radius 1 is 1.59 bits per heavy atom. The molecule has 0 aromatic carbocycles. The zero-order valence-electron chi connectivity index (χ0n) is 9.34. The Morgan fingerprint density at radius 3 is 3.29 bits per heavy atom. The molecule has 3 heterocycles. The third-order valence-corrected chi connectivity index (χ3v) is 3.96. The van der Waals surface area contributed by atoms with Crippen molar-refractivity contribution >= 4 is 29.2 Å². The van der Waals surface area contributed by atoms with E-state index in [-0.39, 0.29) is 11.9 Å². The average Bonchev–Trinajstić information content (AvgIpc) is 2.39. The molecular weight excluding hydrogens is 240 g/mol. The van der Waals surface area contributed by atoms with Gasteiger partial charge in [0.1, 0.15) is 18.1 Å². The van der Waals surface area contributed by atoms with Crippen LogP contribution >= 0.6 is 11.8 Å². The van der Waals surface area contributed by atoms with Crippen LogP contribution in [0.25, 0.3) is 0 Å². The number of carbonyl (C=O) groups is 1. The van der Waals surface area contributed by atoms with Crippen molar-refractivity contribution in [2.45, 2.75) is 6.04 Å². The number of rotatable bonds is 1. The largest absolute Gasteiger partial charge is 0.479 e. The van der Waals surface area contributed by atoms with Gasteiger partial charge in [-0.3, -0.25) is 4.79 Å². The number of fused-ring (bicyclic) bond motifs is 3. The maximum absolute atomic E-state index is 12.0. The molecule has 6 nitrogen and oxygen atoms in total. The van der Waals surface area contributed by atoms with Crippen molar-refractivity contribution in [2.24, 2.45) is 0 Å². The number of ether oxygens (including phenoxy) is 1. The SMILES string of the molecule is COc1ncnc2c1NC(=O)C1CSCCN21. The molecule has 1 aromatic rings. The predicted octanol–water partition coefficient (Wildman–Crippen LogP) is 0.359. The standard InChI is InChI=1S/C10H12N4O2S/c1-16-10-7-8(11-5-12-10)14-2-3-17-4-6(14)9(15)13-7/h5-6H,2-4H2,1H3,(H,13,15). The van der Waals surface area contributed by atoms with Crippen molar-refractivity contribution in [3.8, 4) is 5.88 Å². The second-order valence-corrected chi connectivity index (χ2v) is 5.00. The van der Waals surface area contributed by atoms with Crippen LogP contribution in [0.15, 0.2) is 6.33 Å². The summed E-state index contributed by atoms with van der Waals surface area (Å²) in [4.78, 5) is 22.3. The molecule has 17 heavy (non-hydrogen) atoms. The number of carbonyl (C=O) groups excluding carboxylic acids is 1. The minimum Gasteiger partial charge on any atom is -0.479 e. The van der Waals surface area contributed by atoms with Crippen LogP contribution in [0.4, 0.5) is 11.5 Å². The number of hydrogen-bond acceptors (Lipinski definition) is 6. The monoisotopic (exact) mass is 252 g/mol. The van der Waals surface area contributed by atoms with Crippen LogP contribution in [0.3, 0.4) is 0 Å². The number of thioether (sulfide) groups is 1. The molecule has 3 rings (SSSR count). The molecule has 0 bridgehead atoms. The summed E-state index contributed by atoms with van der Waals surface area (Å²) < 4.78 is 5.14. The van der Waals surface area contributed by atoms with Crippen molar-refractivity contribution in [2.75, 3.05) is 35.4 Å². The van der Waals surface area contributed by atoms with Crippen LogP contribution in [0.2, 0.25) is 0 Å². The molecule has 1 amide bonds. The van der Waals surface area contributed by atoms with Gasteiger partial charge < -0.3 is 15.0 Å². The second-order valence-electron chi connectivity index (χ2n) is 3.85. The third kappa shape index (κ3) is 1.61. The van der Waals surface area contributed by atoms with E-state index in [2.05, 4.69) is 15.3 Å². The van der Waals surface area contributed by atoms with E-state index in [0.29, 0.717) is 11.6 Å². The molecule has 2 aliphatic rings. The van der Waals surface area contributed by atoms with Gasteiger partial charge in [0, 0.05) is 18.1 Å². The first-order valence-electron chi connectivity index (χ1n) is 5.35. The zero-order chi connectivity index (χ0) is 11.8. The van der Waals surface area contributed by atoms with Crippen LogP contribution < -0.4 is 15.0 Å². The lowest BCUT2D eigenvalue weighted by Crippen LogP contribution is -2.53. The van der Waals surface area contributed by atoms with E-state index in [0.717, 1.165) is 23.9 Å². The summed E-state index contributed by atoms with van der Waals surface area (Å²) in [6.07, 6.45) is 1.47. The molecule has 0 saturated carbocycles. The van der Waals surface area contributed by atoms with Crippen LogP contribution in [0, 0.1) is 0 Å². The first-order valence-corrected chi connectivity index (χ1v) is 6.51. The van der Waals surface area contributed by atoms with E-state index in [1.807, 2.05) is 4.90 Å². The highest BCUT2D eigenvalue weighted by Gasteiger charge is 2.37. The number of nitrogens with zero attached hydrogens (tertiary/aromatic N) is 3. The molecule has 0 aliphatic carbocycles. The van der Waals surface area contributed by atoms with Crippen LogP contribution in [0.1, 0.15) is 0 Å². The molecule has 90 valence electrons. The number of aromatic nitrogens is 2. The van der Waals surface area contributed by atoms with Gasteiger partial charge in [-0.25, -0.2) is 4.98 Å². The molecule has 1 unspecified atom stereocenters. The van der Waals surface area contributed by atoms with Gasteiger partial charge in [0.2, 0.25) is 11.8 Å². The first kappa shape index (κ1) is 10.6. The normalized spacial score (nSPS) is 22.5. The smallest absolute Gasteiger partial charge is 0.248 e. The number of amides is 1. The Hall–Kier alpha value is -1.50. The Bertz CT molecular complexity index is 468. The lowest BCUT2D eigenvalue weighted by molar-refractivity contribution is -0.117. The van der Waals surface area contributed by atoms with Gasteiger partial charge in [-0.15, -0.1) is 0 Å². The second kappa shape index (κ2) is 4.06. The lowest BCUT2D eigenvalue weighted by Gasteiger charge is -2.39. The number of anilines is 2. The van der Waals surface area contributed by atoms with Crippen molar-refractivity contribution < 1.29 is 9.53 Å². The van der Waals surface area contributed by atoms with Gasteiger partial charge in [0.25, 0.3) is 0 Å². The Labute approximate surface area is 103 Å². The molecular formula is C10H12N4O2S. The van der Waals surface area contributed by atoms with E-state index in [9.17, 15) is 4.79 Å². The molecule has 0 radical (unpaired) electrons. The van der Waals surface area contributed by atoms with Gasteiger partial charge in [0.15, 0.2) is 5.82 Å². The lowest BCUT2D eigenvalue weighted by atomic mass is 10.2. The van der Waals surface area contributed by atoms with Gasteiger partial charge in [-0.1, -0.05) is 0 Å². The van der Waals surface area contributed by atoms with Gasteiger partial charge in [-0.05, 0) is 0 Å². The van der Waals surface area contributed by atoms with Gasteiger partial charge in [0.05, 0.1) is 7.11 Å². The van der Waals surface area contributed by atoms with E-state index >= 15 is 0 Å². The summed E-state index contributed by atoms with van der Waals surface area (Å²) in [5.74, 6) is 2.99. The minimum atomic E-state index is -0.124. The number of hydrogen-bond donors (Lipinski definition) is 1. The van der Waals surface area contributed by atoms with Crippen LogP contribution in [-0.2, 0) is 4.79 Å². The highest BCUT2D eigenvalue weighted by molar-refractivity contribution is 7.99. The van der Waals surface area contributed by atoms with E-state index < -0.39 is 0 Å². The quantitative estimate of drug-likeness (QED) is 0.778. The molecule has 2 aliphatic heterocycles. The van der Waals surface area contributed by atoms with E-state index in [4.69, 9.17) is 4.74 Å². The number of nitrogens with one attached hydrogen (secondary N) is 1.